The molecule has 2 aromatic carbocycles. The van der Waals surface area contributed by atoms with Gasteiger partial charge >= 0.3 is 0 Å². The first kappa shape index (κ1) is 17.8. The van der Waals surface area contributed by atoms with Crippen LogP contribution in [0.3, 0.4) is 0 Å². The van der Waals surface area contributed by atoms with Gasteiger partial charge in [0.05, 0.1) is 28.2 Å². The van der Waals surface area contributed by atoms with E-state index in [-0.39, 0.29) is 27.5 Å². The monoisotopic (exact) mass is 367 g/mol. The molecule has 0 atom stereocenters. The number of nitrogens with one attached hydrogen (secondary N) is 2. The summed E-state index contributed by atoms with van der Waals surface area (Å²) in [6, 6.07) is 10.4. The number of benzene rings is 2. The zero-order chi connectivity index (χ0) is 17.9. The van der Waals surface area contributed by atoms with Crippen molar-refractivity contribution in [2.24, 2.45) is 5.73 Å². The minimum Gasteiger partial charge on any atom is -0.366 e. The highest BCUT2D eigenvalue weighted by Crippen LogP contribution is 2.24. The number of primary amides is 1. The van der Waals surface area contributed by atoms with Crippen LogP contribution in [0.1, 0.15) is 20.7 Å². The number of anilines is 2. The molecule has 0 heterocycles. The fraction of sp³-hybridized carbons (Fsp3) is 0.0667. The van der Waals surface area contributed by atoms with Gasteiger partial charge < -0.3 is 11.1 Å². The molecule has 0 spiro atoms. The number of sulfonamides is 1. The molecule has 0 radical (unpaired) electrons. The van der Waals surface area contributed by atoms with Gasteiger partial charge in [0.25, 0.3) is 11.8 Å². The van der Waals surface area contributed by atoms with E-state index in [0.29, 0.717) is 0 Å². The second kappa shape index (κ2) is 6.90. The highest BCUT2D eigenvalue weighted by atomic mass is 35.5. The molecule has 0 fully saturated rings. The zero-order valence-electron chi connectivity index (χ0n) is 12.5. The van der Waals surface area contributed by atoms with Crippen molar-refractivity contribution in [3.63, 3.8) is 0 Å². The Labute approximate surface area is 143 Å². The summed E-state index contributed by atoms with van der Waals surface area (Å²) in [5, 5.41) is 2.63. The molecule has 0 saturated carbocycles. The lowest BCUT2D eigenvalue weighted by molar-refractivity contribution is 0.100. The lowest BCUT2D eigenvalue weighted by Gasteiger charge is -2.11. The third kappa shape index (κ3) is 4.46. The van der Waals surface area contributed by atoms with Gasteiger partial charge in [-0.2, -0.15) is 0 Å². The predicted molar refractivity (Wildman–Crippen MR) is 92.8 cm³/mol. The van der Waals surface area contributed by atoms with Crippen molar-refractivity contribution in [3.8, 4) is 0 Å². The Morgan fingerprint density at radius 1 is 1.08 bits per heavy atom. The number of rotatable bonds is 5. The molecular formula is C15H14ClN3O4S. The summed E-state index contributed by atoms with van der Waals surface area (Å²) < 4.78 is 24.7. The van der Waals surface area contributed by atoms with Crippen LogP contribution in [0.25, 0.3) is 0 Å². The van der Waals surface area contributed by atoms with E-state index < -0.39 is 21.8 Å². The molecule has 9 heteroatoms. The van der Waals surface area contributed by atoms with Gasteiger partial charge in [-0.25, -0.2) is 8.42 Å². The minimum atomic E-state index is -3.48. The standard InChI is InChI=1S/C15H14ClN3O4S/c1-24(22,23)19-13-7-6-9(8-11(13)16)15(21)18-12-5-3-2-4-10(12)14(17)20/h2-8,19H,1H3,(H2,17,20)(H,18,21). The van der Waals surface area contributed by atoms with E-state index in [1.54, 1.807) is 18.2 Å². The minimum absolute atomic E-state index is 0.0660. The number of carbonyl (C=O) groups is 2. The van der Waals surface area contributed by atoms with Crippen LogP contribution in [0.2, 0.25) is 5.02 Å². The average Bonchev–Trinajstić information content (AvgIpc) is 2.48. The van der Waals surface area contributed by atoms with Gasteiger partial charge in [0.2, 0.25) is 10.0 Å². The first-order valence-electron chi connectivity index (χ1n) is 6.65. The van der Waals surface area contributed by atoms with E-state index in [0.717, 1.165) is 6.26 Å². The fourth-order valence-electron chi connectivity index (χ4n) is 1.94. The van der Waals surface area contributed by atoms with E-state index >= 15 is 0 Å². The second-order valence-electron chi connectivity index (χ2n) is 4.93. The number of para-hydroxylation sites is 1. The number of hydrogen-bond acceptors (Lipinski definition) is 4. The van der Waals surface area contributed by atoms with E-state index in [2.05, 4.69) is 10.0 Å². The highest BCUT2D eigenvalue weighted by Gasteiger charge is 2.14. The molecule has 24 heavy (non-hydrogen) atoms. The molecule has 2 rings (SSSR count). The zero-order valence-corrected chi connectivity index (χ0v) is 14.1. The Bertz CT molecular complexity index is 913. The molecule has 126 valence electrons. The Morgan fingerprint density at radius 3 is 2.33 bits per heavy atom. The maximum Gasteiger partial charge on any atom is 0.255 e. The lowest BCUT2D eigenvalue weighted by Crippen LogP contribution is -2.18. The molecule has 0 saturated heterocycles. The van der Waals surface area contributed by atoms with Gasteiger partial charge in [0.15, 0.2) is 0 Å². The van der Waals surface area contributed by atoms with Crippen molar-refractivity contribution in [1.82, 2.24) is 0 Å². The smallest absolute Gasteiger partial charge is 0.255 e. The first-order chi connectivity index (χ1) is 11.2. The van der Waals surface area contributed by atoms with Crippen LogP contribution >= 0.6 is 11.6 Å². The third-order valence-corrected chi connectivity index (χ3v) is 3.87. The van der Waals surface area contributed by atoms with Gasteiger partial charge in [-0.05, 0) is 30.3 Å². The second-order valence-corrected chi connectivity index (χ2v) is 7.09. The molecule has 2 amide bonds. The topological polar surface area (TPSA) is 118 Å². The van der Waals surface area contributed by atoms with Crippen molar-refractivity contribution >= 4 is 44.8 Å². The first-order valence-corrected chi connectivity index (χ1v) is 8.92. The van der Waals surface area contributed by atoms with Crippen molar-refractivity contribution in [2.45, 2.75) is 0 Å². The molecular weight excluding hydrogens is 354 g/mol. The molecule has 0 aliphatic rings. The number of carbonyl (C=O) groups excluding carboxylic acids is 2. The molecule has 0 aliphatic carbocycles. The maximum absolute atomic E-state index is 12.3. The van der Waals surface area contributed by atoms with Crippen LogP contribution in [0.5, 0.6) is 0 Å². The Hall–Kier alpha value is -2.58. The normalized spacial score (nSPS) is 10.9. The predicted octanol–water partition coefficient (Wildman–Crippen LogP) is 2.06. The van der Waals surface area contributed by atoms with E-state index in [1.807, 2.05) is 0 Å². The summed E-state index contributed by atoms with van der Waals surface area (Å²) in [5.41, 5.74) is 6.05. The maximum atomic E-state index is 12.3. The van der Waals surface area contributed by atoms with Gasteiger partial charge in [-0.15, -0.1) is 0 Å². The van der Waals surface area contributed by atoms with Crippen LogP contribution in [-0.4, -0.2) is 26.5 Å². The number of hydrogen-bond donors (Lipinski definition) is 3. The largest absolute Gasteiger partial charge is 0.366 e. The van der Waals surface area contributed by atoms with Crippen molar-refractivity contribution in [2.75, 3.05) is 16.3 Å². The van der Waals surface area contributed by atoms with Crippen LogP contribution in [-0.2, 0) is 10.0 Å². The van der Waals surface area contributed by atoms with Crippen LogP contribution in [0, 0.1) is 0 Å². The number of nitrogens with two attached hydrogens (primary N) is 1. The number of halogens is 1. The van der Waals surface area contributed by atoms with Gasteiger partial charge in [-0.1, -0.05) is 23.7 Å². The Balaban J connectivity index is 2.25. The quantitative estimate of drug-likeness (QED) is 0.749. The molecule has 0 bridgehead atoms. The summed E-state index contributed by atoms with van der Waals surface area (Å²) in [7, 11) is -3.48. The Morgan fingerprint density at radius 2 is 1.75 bits per heavy atom. The molecule has 0 aromatic heterocycles. The summed E-state index contributed by atoms with van der Waals surface area (Å²) in [6.45, 7) is 0. The SMILES string of the molecule is CS(=O)(=O)Nc1ccc(C(=O)Nc2ccccc2C(N)=O)cc1Cl. The summed E-state index contributed by atoms with van der Waals surface area (Å²) in [6.07, 6.45) is 0.991. The molecule has 4 N–H and O–H groups in total. The van der Waals surface area contributed by atoms with Gasteiger partial charge in [-0.3, -0.25) is 14.3 Å². The summed E-state index contributed by atoms with van der Waals surface area (Å²) >= 11 is 5.98. The van der Waals surface area contributed by atoms with E-state index in [4.69, 9.17) is 17.3 Å². The molecule has 2 aromatic rings. The molecule has 0 aliphatic heterocycles. The fourth-order valence-corrected chi connectivity index (χ4v) is 2.80. The molecule has 0 unspecified atom stereocenters. The summed E-state index contributed by atoms with van der Waals surface area (Å²) in [5.74, 6) is -1.19. The summed E-state index contributed by atoms with van der Waals surface area (Å²) in [4.78, 5) is 23.6. The van der Waals surface area contributed by atoms with Crippen molar-refractivity contribution < 1.29 is 18.0 Å². The van der Waals surface area contributed by atoms with Crippen LogP contribution in [0.15, 0.2) is 42.5 Å². The van der Waals surface area contributed by atoms with Crippen molar-refractivity contribution in [3.05, 3.63) is 58.6 Å². The third-order valence-electron chi connectivity index (χ3n) is 2.97. The van der Waals surface area contributed by atoms with Gasteiger partial charge in [0, 0.05) is 5.56 Å². The lowest BCUT2D eigenvalue weighted by atomic mass is 10.1. The van der Waals surface area contributed by atoms with Crippen LogP contribution in [0.4, 0.5) is 11.4 Å². The highest BCUT2D eigenvalue weighted by molar-refractivity contribution is 7.92. The van der Waals surface area contributed by atoms with E-state index in [9.17, 15) is 18.0 Å². The van der Waals surface area contributed by atoms with Crippen molar-refractivity contribution in [1.29, 1.82) is 0 Å². The molecule has 7 nitrogen and oxygen atoms in total. The van der Waals surface area contributed by atoms with Gasteiger partial charge in [0.1, 0.15) is 0 Å². The Kier molecular flexibility index (Phi) is 5.10. The average molecular weight is 368 g/mol. The number of amides is 2. The van der Waals surface area contributed by atoms with Crippen LogP contribution < -0.4 is 15.8 Å². The van der Waals surface area contributed by atoms with E-state index in [1.165, 1.54) is 24.3 Å².